The Kier molecular flexibility index (Phi) is 6.83. The Bertz CT molecular complexity index is 952. The highest BCUT2D eigenvalue weighted by Crippen LogP contribution is 2.27. The molecule has 6 nitrogen and oxygen atoms in total. The van der Waals surface area contributed by atoms with E-state index in [1.54, 1.807) is 0 Å². The maximum atomic E-state index is 13.0. The third-order valence-corrected chi connectivity index (χ3v) is 6.81. The topological polar surface area (TPSA) is 64.7 Å². The lowest BCUT2D eigenvalue weighted by Crippen LogP contribution is -2.44. The van der Waals surface area contributed by atoms with E-state index in [2.05, 4.69) is 40.5 Å². The highest BCUT2D eigenvalue weighted by Gasteiger charge is 2.23. The molecule has 1 saturated heterocycles. The van der Waals surface area contributed by atoms with Crippen molar-refractivity contribution in [3.8, 4) is 0 Å². The number of carbonyl (C=O) groups is 2. The van der Waals surface area contributed by atoms with Crippen molar-refractivity contribution in [2.24, 2.45) is 0 Å². The summed E-state index contributed by atoms with van der Waals surface area (Å²) in [7, 11) is 2.15. The Morgan fingerprint density at radius 1 is 1.06 bits per heavy atom. The Morgan fingerprint density at radius 3 is 2.52 bits per heavy atom. The summed E-state index contributed by atoms with van der Waals surface area (Å²) in [6.07, 6.45) is 2.14. The first-order valence-corrected chi connectivity index (χ1v) is 11.8. The molecule has 164 valence electrons. The second-order valence-electron chi connectivity index (χ2n) is 8.37. The zero-order valence-corrected chi connectivity index (χ0v) is 19.0. The Balaban J connectivity index is 1.40. The van der Waals surface area contributed by atoms with Crippen LogP contribution in [0.1, 0.15) is 28.8 Å². The van der Waals surface area contributed by atoms with Crippen LogP contribution in [-0.4, -0.2) is 61.7 Å². The minimum absolute atomic E-state index is 0.0258. The van der Waals surface area contributed by atoms with E-state index in [9.17, 15) is 9.59 Å². The van der Waals surface area contributed by atoms with Gasteiger partial charge in [-0.05, 0) is 62.7 Å². The Morgan fingerprint density at radius 2 is 1.81 bits per heavy atom. The molecule has 0 radical (unpaired) electrons. The number of nitrogens with zero attached hydrogens (tertiary/aromatic N) is 2. The fourth-order valence-corrected chi connectivity index (χ4v) is 4.62. The van der Waals surface area contributed by atoms with Crippen molar-refractivity contribution in [2.75, 3.05) is 49.2 Å². The van der Waals surface area contributed by atoms with Crippen LogP contribution in [-0.2, 0) is 4.79 Å². The van der Waals surface area contributed by atoms with Gasteiger partial charge < -0.3 is 20.4 Å². The minimum atomic E-state index is -0.155. The van der Waals surface area contributed by atoms with E-state index >= 15 is 0 Å². The van der Waals surface area contributed by atoms with Crippen LogP contribution < -0.4 is 15.5 Å². The molecule has 7 heteroatoms. The molecule has 2 aromatic rings. The SMILES string of the molecule is Cc1cc(NC(=O)c2ccccc2SCC(=O)NC2CC2)ccc1N1CCN(C)CC1. The van der Waals surface area contributed by atoms with Gasteiger partial charge in [-0.15, -0.1) is 11.8 Å². The highest BCUT2D eigenvalue weighted by molar-refractivity contribution is 8.00. The molecule has 0 bridgehead atoms. The highest BCUT2D eigenvalue weighted by atomic mass is 32.2. The number of anilines is 2. The summed E-state index contributed by atoms with van der Waals surface area (Å²) in [4.78, 5) is 30.5. The van der Waals surface area contributed by atoms with Crippen LogP contribution in [0.15, 0.2) is 47.4 Å². The van der Waals surface area contributed by atoms with Gasteiger partial charge >= 0.3 is 0 Å². The lowest BCUT2D eigenvalue weighted by Gasteiger charge is -2.35. The van der Waals surface area contributed by atoms with Gasteiger partial charge in [0.25, 0.3) is 5.91 Å². The third kappa shape index (κ3) is 5.80. The zero-order chi connectivity index (χ0) is 21.8. The van der Waals surface area contributed by atoms with Crippen LogP contribution in [0.3, 0.4) is 0 Å². The number of likely N-dealkylation sites (N-methyl/N-ethyl adjacent to an activating group) is 1. The van der Waals surface area contributed by atoms with Gasteiger partial charge in [0.2, 0.25) is 5.91 Å². The van der Waals surface area contributed by atoms with Crippen LogP contribution >= 0.6 is 11.8 Å². The number of aryl methyl sites for hydroxylation is 1. The van der Waals surface area contributed by atoms with Crippen molar-refractivity contribution in [3.63, 3.8) is 0 Å². The van der Waals surface area contributed by atoms with Crippen LogP contribution in [0.4, 0.5) is 11.4 Å². The van der Waals surface area contributed by atoms with Crippen molar-refractivity contribution < 1.29 is 9.59 Å². The first-order chi connectivity index (χ1) is 15.0. The van der Waals surface area contributed by atoms with Crippen molar-refractivity contribution >= 4 is 35.0 Å². The van der Waals surface area contributed by atoms with Gasteiger partial charge in [0, 0.05) is 48.5 Å². The number of benzene rings is 2. The van der Waals surface area contributed by atoms with Crippen molar-refractivity contribution in [3.05, 3.63) is 53.6 Å². The Labute approximate surface area is 188 Å². The van der Waals surface area contributed by atoms with Gasteiger partial charge in [0.15, 0.2) is 0 Å². The summed E-state index contributed by atoms with van der Waals surface area (Å²) >= 11 is 1.40. The number of hydrogen-bond acceptors (Lipinski definition) is 5. The molecule has 1 heterocycles. The smallest absolute Gasteiger partial charge is 0.256 e. The third-order valence-electron chi connectivity index (χ3n) is 5.73. The molecule has 2 amide bonds. The van der Waals surface area contributed by atoms with E-state index in [1.807, 2.05) is 36.4 Å². The maximum absolute atomic E-state index is 13.0. The first-order valence-electron chi connectivity index (χ1n) is 10.9. The molecule has 0 atom stereocenters. The number of thioether (sulfide) groups is 1. The minimum Gasteiger partial charge on any atom is -0.369 e. The number of nitrogens with one attached hydrogen (secondary N) is 2. The molecule has 2 aromatic carbocycles. The molecule has 2 aliphatic rings. The molecular weight excluding hydrogens is 408 g/mol. The first kappa shape index (κ1) is 21.7. The molecule has 4 rings (SSSR count). The number of amides is 2. The van der Waals surface area contributed by atoms with Gasteiger partial charge in [-0.3, -0.25) is 9.59 Å². The number of rotatable bonds is 7. The Hall–Kier alpha value is -2.51. The standard InChI is InChI=1S/C24H30N4O2S/c1-17-15-19(9-10-21(17)28-13-11-27(2)12-14-28)26-24(30)20-5-3-4-6-22(20)31-16-23(29)25-18-7-8-18/h3-6,9-10,15,18H,7-8,11-14,16H2,1-2H3,(H,25,29)(H,26,30). The average Bonchev–Trinajstić information content (AvgIpc) is 3.57. The van der Waals surface area contributed by atoms with Crippen molar-refractivity contribution in [2.45, 2.75) is 30.7 Å². The average molecular weight is 439 g/mol. The molecule has 31 heavy (non-hydrogen) atoms. The van der Waals surface area contributed by atoms with Crippen LogP contribution in [0, 0.1) is 6.92 Å². The van der Waals surface area contributed by atoms with E-state index < -0.39 is 0 Å². The van der Waals surface area contributed by atoms with Gasteiger partial charge in [0.05, 0.1) is 11.3 Å². The molecule has 1 aliphatic heterocycles. The normalized spacial score (nSPS) is 16.8. The molecule has 0 aromatic heterocycles. The molecule has 1 saturated carbocycles. The molecule has 0 spiro atoms. The van der Waals surface area contributed by atoms with Crippen LogP contribution in [0.5, 0.6) is 0 Å². The molecule has 1 aliphatic carbocycles. The van der Waals surface area contributed by atoms with Crippen LogP contribution in [0.25, 0.3) is 0 Å². The van der Waals surface area contributed by atoms with Gasteiger partial charge in [0.1, 0.15) is 0 Å². The van der Waals surface area contributed by atoms with Gasteiger partial charge in [-0.2, -0.15) is 0 Å². The van der Waals surface area contributed by atoms with Crippen molar-refractivity contribution in [1.29, 1.82) is 0 Å². The summed E-state index contributed by atoms with van der Waals surface area (Å²) in [5.74, 6) is 0.190. The molecule has 0 unspecified atom stereocenters. The fourth-order valence-electron chi connectivity index (χ4n) is 3.75. The lowest BCUT2D eigenvalue weighted by molar-refractivity contribution is -0.118. The van der Waals surface area contributed by atoms with E-state index in [0.717, 1.165) is 55.2 Å². The summed E-state index contributed by atoms with van der Waals surface area (Å²) in [5, 5.41) is 6.01. The predicted octanol–water partition coefficient (Wildman–Crippen LogP) is 3.37. The molecule has 2 fully saturated rings. The predicted molar refractivity (Wildman–Crippen MR) is 127 cm³/mol. The summed E-state index contributed by atoms with van der Waals surface area (Å²) in [6.45, 7) is 6.24. The molecule has 2 N–H and O–H groups in total. The van der Waals surface area contributed by atoms with E-state index in [1.165, 1.54) is 17.4 Å². The van der Waals surface area contributed by atoms with E-state index in [0.29, 0.717) is 17.4 Å². The number of piperazine rings is 1. The zero-order valence-electron chi connectivity index (χ0n) is 18.2. The lowest BCUT2D eigenvalue weighted by atomic mass is 10.1. The largest absolute Gasteiger partial charge is 0.369 e. The number of hydrogen-bond donors (Lipinski definition) is 2. The second kappa shape index (κ2) is 9.75. The van der Waals surface area contributed by atoms with E-state index in [-0.39, 0.29) is 11.8 Å². The van der Waals surface area contributed by atoms with Crippen molar-refractivity contribution in [1.82, 2.24) is 10.2 Å². The quantitative estimate of drug-likeness (QED) is 0.649. The summed E-state index contributed by atoms with van der Waals surface area (Å²) in [6, 6.07) is 13.9. The summed E-state index contributed by atoms with van der Waals surface area (Å²) in [5.41, 5.74) is 3.75. The van der Waals surface area contributed by atoms with Gasteiger partial charge in [-0.25, -0.2) is 0 Å². The van der Waals surface area contributed by atoms with Gasteiger partial charge in [-0.1, -0.05) is 12.1 Å². The van der Waals surface area contributed by atoms with Crippen LogP contribution in [0.2, 0.25) is 0 Å². The van der Waals surface area contributed by atoms with E-state index in [4.69, 9.17) is 0 Å². The number of carbonyl (C=O) groups excluding carboxylic acids is 2. The maximum Gasteiger partial charge on any atom is 0.256 e. The fraction of sp³-hybridized carbons (Fsp3) is 0.417. The monoisotopic (exact) mass is 438 g/mol. The molecular formula is C24H30N4O2S. The summed E-state index contributed by atoms with van der Waals surface area (Å²) < 4.78 is 0. The second-order valence-corrected chi connectivity index (χ2v) is 9.39.